The Hall–Kier alpha value is -0.770. The van der Waals surface area contributed by atoms with Gasteiger partial charge < -0.3 is 34.6 Å². The highest BCUT2D eigenvalue weighted by molar-refractivity contribution is 5.74. The van der Waals surface area contributed by atoms with Crippen molar-refractivity contribution < 1.29 is 39.4 Å². The molecule has 1 aliphatic heterocycles. The minimum absolute atomic E-state index is 0.182. The summed E-state index contributed by atoms with van der Waals surface area (Å²) in [6.07, 6.45) is -7.95. The molecule has 0 aromatic carbocycles. The summed E-state index contributed by atoms with van der Waals surface area (Å²) in [5.41, 5.74) is 0. The lowest BCUT2D eigenvalue weighted by atomic mass is 9.99. The van der Waals surface area contributed by atoms with E-state index in [1.54, 1.807) is 6.92 Å². The van der Waals surface area contributed by atoms with E-state index in [2.05, 4.69) is 0 Å². The number of carbonyl (C=O) groups is 1. The first-order chi connectivity index (χ1) is 8.92. The fourth-order valence-corrected chi connectivity index (χ4v) is 1.70. The smallest absolute Gasteiger partial charge is 0.335 e. The SMILES string of the molecule is CCOC(=O)C(C)O[C@H]1OC(CO)[C@@H](O)[C@H](O)C1O. The van der Waals surface area contributed by atoms with Crippen molar-refractivity contribution in [1.82, 2.24) is 0 Å². The second kappa shape index (κ2) is 7.13. The van der Waals surface area contributed by atoms with Crippen LogP contribution >= 0.6 is 0 Å². The topological polar surface area (TPSA) is 126 Å². The van der Waals surface area contributed by atoms with Crippen molar-refractivity contribution in [2.24, 2.45) is 0 Å². The monoisotopic (exact) mass is 280 g/mol. The molecule has 1 heterocycles. The van der Waals surface area contributed by atoms with Crippen molar-refractivity contribution in [2.45, 2.75) is 50.7 Å². The van der Waals surface area contributed by atoms with Gasteiger partial charge in [0, 0.05) is 0 Å². The molecule has 6 atom stereocenters. The van der Waals surface area contributed by atoms with E-state index in [9.17, 15) is 20.1 Å². The third-order valence-electron chi connectivity index (χ3n) is 2.81. The second-order valence-electron chi connectivity index (χ2n) is 4.23. The number of rotatable bonds is 5. The lowest BCUT2D eigenvalue weighted by Crippen LogP contribution is -2.59. The van der Waals surface area contributed by atoms with Crippen molar-refractivity contribution in [3.8, 4) is 0 Å². The highest BCUT2D eigenvalue weighted by Gasteiger charge is 2.45. The van der Waals surface area contributed by atoms with Crippen LogP contribution in [0.4, 0.5) is 0 Å². The largest absolute Gasteiger partial charge is 0.464 e. The number of carbonyl (C=O) groups excluding carboxylic acids is 1. The van der Waals surface area contributed by atoms with Crippen LogP contribution in [0.1, 0.15) is 13.8 Å². The first kappa shape index (κ1) is 16.3. The van der Waals surface area contributed by atoms with Crippen molar-refractivity contribution >= 4 is 5.97 Å². The Labute approximate surface area is 110 Å². The average molecular weight is 280 g/mol. The standard InChI is InChI=1S/C11H20O8/c1-3-17-10(16)5(2)18-11-9(15)8(14)7(13)6(4-12)19-11/h5-9,11-15H,3-4H2,1-2H3/t5?,6?,7-,8+,9?,11+/m1/s1. The van der Waals surface area contributed by atoms with E-state index in [4.69, 9.17) is 19.3 Å². The number of hydrogen-bond acceptors (Lipinski definition) is 8. The summed E-state index contributed by atoms with van der Waals surface area (Å²) in [4.78, 5) is 11.4. The van der Waals surface area contributed by atoms with E-state index in [1.165, 1.54) is 6.92 Å². The molecule has 0 aromatic heterocycles. The molecule has 112 valence electrons. The fraction of sp³-hybridized carbons (Fsp3) is 0.909. The molecule has 4 N–H and O–H groups in total. The first-order valence-corrected chi connectivity index (χ1v) is 6.05. The number of aliphatic hydroxyl groups is 4. The van der Waals surface area contributed by atoms with Gasteiger partial charge in [0.1, 0.15) is 24.4 Å². The molecule has 8 heteroatoms. The Morgan fingerprint density at radius 1 is 1.26 bits per heavy atom. The maximum Gasteiger partial charge on any atom is 0.335 e. The van der Waals surface area contributed by atoms with Gasteiger partial charge in [0.2, 0.25) is 0 Å². The van der Waals surface area contributed by atoms with Gasteiger partial charge in [0.25, 0.3) is 0 Å². The van der Waals surface area contributed by atoms with Crippen LogP contribution in [0.3, 0.4) is 0 Å². The zero-order chi connectivity index (χ0) is 14.6. The number of ether oxygens (including phenoxy) is 3. The van der Waals surface area contributed by atoms with E-state index < -0.39 is 49.4 Å². The summed E-state index contributed by atoms with van der Waals surface area (Å²) in [5, 5.41) is 37.8. The lowest BCUT2D eigenvalue weighted by molar-refractivity contribution is -0.308. The maximum absolute atomic E-state index is 11.4. The first-order valence-electron chi connectivity index (χ1n) is 6.05. The molecule has 0 aliphatic carbocycles. The predicted molar refractivity (Wildman–Crippen MR) is 60.9 cm³/mol. The molecule has 8 nitrogen and oxygen atoms in total. The van der Waals surface area contributed by atoms with Crippen LogP contribution in [0.15, 0.2) is 0 Å². The summed E-state index contributed by atoms with van der Waals surface area (Å²) in [5.74, 6) is -0.639. The Morgan fingerprint density at radius 2 is 1.89 bits per heavy atom. The number of esters is 1. The normalized spacial score (nSPS) is 36.8. The molecule has 3 unspecified atom stereocenters. The van der Waals surface area contributed by atoms with Gasteiger partial charge in [0.05, 0.1) is 13.2 Å². The van der Waals surface area contributed by atoms with Gasteiger partial charge in [-0.2, -0.15) is 0 Å². The molecule has 0 radical (unpaired) electrons. The summed E-state index contributed by atoms with van der Waals surface area (Å²) in [6.45, 7) is 2.66. The van der Waals surface area contributed by atoms with E-state index in [-0.39, 0.29) is 6.61 Å². The van der Waals surface area contributed by atoms with E-state index in [1.807, 2.05) is 0 Å². The molecule has 0 aromatic rings. The van der Waals surface area contributed by atoms with Gasteiger partial charge in [-0.1, -0.05) is 0 Å². The summed E-state index contributed by atoms with van der Waals surface area (Å²) >= 11 is 0. The molecule has 0 bridgehead atoms. The van der Waals surface area contributed by atoms with Crippen LogP contribution in [0.2, 0.25) is 0 Å². The van der Waals surface area contributed by atoms with Crippen molar-refractivity contribution in [3.05, 3.63) is 0 Å². The quantitative estimate of drug-likeness (QED) is 0.416. The molecular formula is C11H20O8. The van der Waals surface area contributed by atoms with Gasteiger partial charge >= 0.3 is 5.97 Å². The zero-order valence-corrected chi connectivity index (χ0v) is 10.8. The fourth-order valence-electron chi connectivity index (χ4n) is 1.70. The van der Waals surface area contributed by atoms with Gasteiger partial charge in [-0.15, -0.1) is 0 Å². The van der Waals surface area contributed by atoms with Crippen molar-refractivity contribution in [2.75, 3.05) is 13.2 Å². The Morgan fingerprint density at radius 3 is 2.42 bits per heavy atom. The third-order valence-corrected chi connectivity index (χ3v) is 2.81. The van der Waals surface area contributed by atoms with Gasteiger partial charge in [-0.3, -0.25) is 0 Å². The van der Waals surface area contributed by atoms with Gasteiger partial charge in [0.15, 0.2) is 12.4 Å². The minimum Gasteiger partial charge on any atom is -0.464 e. The Balaban J connectivity index is 2.63. The Bertz CT molecular complexity index is 294. The molecular weight excluding hydrogens is 260 g/mol. The molecule has 1 fully saturated rings. The van der Waals surface area contributed by atoms with Crippen LogP contribution in [0.5, 0.6) is 0 Å². The number of aliphatic hydroxyl groups excluding tert-OH is 4. The van der Waals surface area contributed by atoms with Crippen molar-refractivity contribution in [3.63, 3.8) is 0 Å². The minimum atomic E-state index is -1.54. The van der Waals surface area contributed by atoms with E-state index in [0.29, 0.717) is 0 Å². The van der Waals surface area contributed by atoms with Gasteiger partial charge in [-0.25, -0.2) is 4.79 Å². The van der Waals surface area contributed by atoms with Crippen LogP contribution in [-0.2, 0) is 19.0 Å². The van der Waals surface area contributed by atoms with Crippen LogP contribution in [-0.4, -0.2) is 76.4 Å². The number of hydrogen-bond donors (Lipinski definition) is 4. The summed E-state index contributed by atoms with van der Waals surface area (Å²) in [6, 6.07) is 0. The van der Waals surface area contributed by atoms with Crippen LogP contribution in [0, 0.1) is 0 Å². The summed E-state index contributed by atoms with van der Waals surface area (Å²) < 4.78 is 14.9. The molecule has 1 rings (SSSR count). The van der Waals surface area contributed by atoms with Gasteiger partial charge in [-0.05, 0) is 13.8 Å². The zero-order valence-electron chi connectivity index (χ0n) is 10.8. The average Bonchev–Trinajstić information content (AvgIpc) is 2.39. The van der Waals surface area contributed by atoms with Crippen LogP contribution < -0.4 is 0 Å². The summed E-state index contributed by atoms with van der Waals surface area (Å²) in [7, 11) is 0. The Kier molecular flexibility index (Phi) is 6.11. The van der Waals surface area contributed by atoms with E-state index >= 15 is 0 Å². The second-order valence-corrected chi connectivity index (χ2v) is 4.23. The lowest BCUT2D eigenvalue weighted by Gasteiger charge is -2.40. The molecule has 1 saturated heterocycles. The maximum atomic E-state index is 11.4. The highest BCUT2D eigenvalue weighted by atomic mass is 16.7. The van der Waals surface area contributed by atoms with Crippen molar-refractivity contribution in [1.29, 1.82) is 0 Å². The van der Waals surface area contributed by atoms with Crippen LogP contribution in [0.25, 0.3) is 0 Å². The molecule has 0 amide bonds. The molecule has 19 heavy (non-hydrogen) atoms. The molecule has 1 aliphatic rings. The third kappa shape index (κ3) is 3.85. The van der Waals surface area contributed by atoms with E-state index in [0.717, 1.165) is 0 Å². The highest BCUT2D eigenvalue weighted by Crippen LogP contribution is 2.23. The molecule has 0 saturated carbocycles. The molecule has 0 spiro atoms. The predicted octanol–water partition coefficient (Wildman–Crippen LogP) is -2.25.